The van der Waals surface area contributed by atoms with Crippen molar-refractivity contribution in [3.8, 4) is 5.88 Å². The zero-order valence-electron chi connectivity index (χ0n) is 16.6. The third kappa shape index (κ3) is 4.57. The van der Waals surface area contributed by atoms with Crippen molar-refractivity contribution in [3.63, 3.8) is 0 Å². The van der Waals surface area contributed by atoms with Gasteiger partial charge in [-0.3, -0.25) is 9.69 Å². The highest BCUT2D eigenvalue weighted by Crippen LogP contribution is 2.33. The largest absolute Gasteiger partial charge is 0.481 e. The molecule has 0 N–H and O–H groups in total. The van der Waals surface area contributed by atoms with Gasteiger partial charge in [0.05, 0.1) is 19.3 Å². The lowest BCUT2D eigenvalue weighted by Gasteiger charge is -2.42. The first-order valence-electron chi connectivity index (χ1n) is 9.98. The second-order valence-electron chi connectivity index (χ2n) is 7.77. The van der Waals surface area contributed by atoms with Crippen LogP contribution in [0, 0.1) is 5.82 Å². The fourth-order valence-corrected chi connectivity index (χ4v) is 4.14. The first kappa shape index (κ1) is 19.8. The molecule has 2 saturated heterocycles. The summed E-state index contributed by atoms with van der Waals surface area (Å²) in [5.74, 6) is 0.236. The summed E-state index contributed by atoms with van der Waals surface area (Å²) in [7, 11) is 1.61. The SMILES string of the molecule is COc1ccc(CN2CCCC3(CC2)CN(c2ccc(F)cc2)C(=O)CO3)cn1. The molecule has 2 aliphatic rings. The molecule has 1 unspecified atom stereocenters. The number of benzene rings is 1. The lowest BCUT2D eigenvalue weighted by atomic mass is 9.92. The highest BCUT2D eigenvalue weighted by Gasteiger charge is 2.41. The molecule has 0 saturated carbocycles. The maximum atomic E-state index is 13.3. The van der Waals surface area contributed by atoms with Gasteiger partial charge in [0.1, 0.15) is 12.4 Å². The number of halogens is 1. The number of methoxy groups -OCH3 is 1. The van der Waals surface area contributed by atoms with Gasteiger partial charge in [-0.15, -0.1) is 0 Å². The van der Waals surface area contributed by atoms with Crippen LogP contribution in [-0.4, -0.2) is 54.7 Å². The van der Waals surface area contributed by atoms with E-state index in [1.807, 2.05) is 18.3 Å². The minimum atomic E-state index is -0.352. The topological polar surface area (TPSA) is 54.9 Å². The lowest BCUT2D eigenvalue weighted by Crippen LogP contribution is -2.55. The van der Waals surface area contributed by atoms with Crippen LogP contribution in [0.25, 0.3) is 0 Å². The number of anilines is 1. The Balaban J connectivity index is 1.42. The van der Waals surface area contributed by atoms with Crippen LogP contribution in [0.2, 0.25) is 0 Å². The molecule has 7 heteroatoms. The quantitative estimate of drug-likeness (QED) is 0.791. The van der Waals surface area contributed by atoms with Crippen LogP contribution in [0.15, 0.2) is 42.6 Å². The minimum Gasteiger partial charge on any atom is -0.481 e. The number of rotatable bonds is 4. The van der Waals surface area contributed by atoms with Gasteiger partial charge in [-0.05, 0) is 55.6 Å². The van der Waals surface area contributed by atoms with E-state index in [2.05, 4.69) is 9.88 Å². The Kier molecular flexibility index (Phi) is 5.78. The van der Waals surface area contributed by atoms with Gasteiger partial charge in [0.2, 0.25) is 5.88 Å². The molecule has 154 valence electrons. The summed E-state index contributed by atoms with van der Waals surface area (Å²) >= 11 is 0. The summed E-state index contributed by atoms with van der Waals surface area (Å²) in [6.07, 6.45) is 4.59. The second kappa shape index (κ2) is 8.47. The van der Waals surface area contributed by atoms with Gasteiger partial charge >= 0.3 is 0 Å². The number of hydrogen-bond donors (Lipinski definition) is 0. The van der Waals surface area contributed by atoms with Crippen LogP contribution >= 0.6 is 0 Å². The van der Waals surface area contributed by atoms with E-state index in [0.29, 0.717) is 12.4 Å². The monoisotopic (exact) mass is 399 g/mol. The predicted octanol–water partition coefficient (Wildman–Crippen LogP) is 3.02. The van der Waals surface area contributed by atoms with Gasteiger partial charge in [-0.25, -0.2) is 9.37 Å². The zero-order chi connectivity index (χ0) is 20.3. The molecule has 6 nitrogen and oxygen atoms in total. The van der Waals surface area contributed by atoms with Crippen LogP contribution in [0.4, 0.5) is 10.1 Å². The van der Waals surface area contributed by atoms with E-state index in [4.69, 9.17) is 9.47 Å². The fraction of sp³-hybridized carbons (Fsp3) is 0.455. The molecule has 4 rings (SSSR count). The van der Waals surface area contributed by atoms with Crippen LogP contribution in [0.1, 0.15) is 24.8 Å². The third-order valence-corrected chi connectivity index (χ3v) is 5.79. The maximum absolute atomic E-state index is 13.3. The van der Waals surface area contributed by atoms with E-state index >= 15 is 0 Å². The molecule has 1 aromatic carbocycles. The Morgan fingerprint density at radius 2 is 2.00 bits per heavy atom. The minimum absolute atomic E-state index is 0.0692. The van der Waals surface area contributed by atoms with Gasteiger partial charge in [-0.2, -0.15) is 0 Å². The molecule has 0 radical (unpaired) electrons. The van der Waals surface area contributed by atoms with E-state index < -0.39 is 0 Å². The Morgan fingerprint density at radius 3 is 2.72 bits per heavy atom. The van der Waals surface area contributed by atoms with Gasteiger partial charge < -0.3 is 14.4 Å². The van der Waals surface area contributed by atoms with Crippen molar-refractivity contribution < 1.29 is 18.7 Å². The fourth-order valence-electron chi connectivity index (χ4n) is 4.14. The smallest absolute Gasteiger partial charge is 0.253 e. The summed E-state index contributed by atoms with van der Waals surface area (Å²) in [4.78, 5) is 20.9. The molecular weight excluding hydrogens is 373 g/mol. The van der Waals surface area contributed by atoms with Crippen LogP contribution in [0.3, 0.4) is 0 Å². The van der Waals surface area contributed by atoms with Gasteiger partial charge in [0.25, 0.3) is 5.91 Å². The average Bonchev–Trinajstić information content (AvgIpc) is 2.94. The Hall–Kier alpha value is -2.51. The molecule has 2 fully saturated rings. The van der Waals surface area contributed by atoms with Crippen molar-refractivity contribution >= 4 is 11.6 Å². The van der Waals surface area contributed by atoms with Crippen molar-refractivity contribution in [2.45, 2.75) is 31.4 Å². The summed E-state index contributed by atoms with van der Waals surface area (Å²) in [6, 6.07) is 10.0. The number of hydrogen-bond acceptors (Lipinski definition) is 5. The summed E-state index contributed by atoms with van der Waals surface area (Å²) in [6.45, 7) is 3.27. The van der Waals surface area contributed by atoms with Gasteiger partial charge in [0.15, 0.2) is 0 Å². The van der Waals surface area contributed by atoms with E-state index in [1.54, 1.807) is 24.1 Å². The molecule has 2 aliphatic heterocycles. The number of morpholine rings is 1. The number of nitrogens with zero attached hydrogens (tertiary/aromatic N) is 3. The lowest BCUT2D eigenvalue weighted by molar-refractivity contribution is -0.140. The van der Waals surface area contributed by atoms with Crippen LogP contribution in [0.5, 0.6) is 5.88 Å². The number of amides is 1. The van der Waals surface area contributed by atoms with Gasteiger partial charge in [-0.1, -0.05) is 6.07 Å². The number of aromatic nitrogens is 1. The van der Waals surface area contributed by atoms with Crippen molar-refractivity contribution in [2.24, 2.45) is 0 Å². The van der Waals surface area contributed by atoms with Crippen LogP contribution in [-0.2, 0) is 16.1 Å². The number of ether oxygens (including phenoxy) is 2. The highest BCUT2D eigenvalue weighted by atomic mass is 19.1. The number of carbonyl (C=O) groups is 1. The Bertz CT molecular complexity index is 843. The molecule has 0 bridgehead atoms. The summed E-state index contributed by atoms with van der Waals surface area (Å²) < 4.78 is 24.5. The molecule has 1 amide bonds. The third-order valence-electron chi connectivity index (χ3n) is 5.79. The summed E-state index contributed by atoms with van der Waals surface area (Å²) in [5, 5.41) is 0. The Labute approximate surface area is 170 Å². The normalized spacial score (nSPS) is 23.2. The molecule has 0 aliphatic carbocycles. The first-order valence-corrected chi connectivity index (χ1v) is 9.98. The molecule has 2 aromatic rings. The van der Waals surface area contributed by atoms with E-state index in [9.17, 15) is 9.18 Å². The first-order chi connectivity index (χ1) is 14.1. The predicted molar refractivity (Wildman–Crippen MR) is 107 cm³/mol. The second-order valence-corrected chi connectivity index (χ2v) is 7.77. The van der Waals surface area contributed by atoms with E-state index in [-0.39, 0.29) is 23.9 Å². The van der Waals surface area contributed by atoms with Crippen molar-refractivity contribution in [1.29, 1.82) is 0 Å². The van der Waals surface area contributed by atoms with Crippen molar-refractivity contribution in [3.05, 3.63) is 54.0 Å². The maximum Gasteiger partial charge on any atom is 0.253 e. The molecule has 1 spiro atoms. The van der Waals surface area contributed by atoms with Crippen molar-refractivity contribution in [2.75, 3.05) is 38.3 Å². The Morgan fingerprint density at radius 1 is 1.17 bits per heavy atom. The average molecular weight is 399 g/mol. The van der Waals surface area contributed by atoms with E-state index in [1.165, 1.54) is 12.1 Å². The van der Waals surface area contributed by atoms with Crippen LogP contribution < -0.4 is 9.64 Å². The summed E-state index contributed by atoms with van der Waals surface area (Å²) in [5.41, 5.74) is 1.52. The number of pyridine rings is 1. The molecule has 3 heterocycles. The standard InChI is InChI=1S/C22H26FN3O3/c1-28-20-8-3-17(13-24-20)14-25-11-2-9-22(10-12-25)16-26(21(27)15-29-22)19-6-4-18(23)5-7-19/h3-8,13H,2,9-12,14-16H2,1H3. The molecular formula is C22H26FN3O3. The molecule has 1 aromatic heterocycles. The number of carbonyl (C=O) groups excluding carboxylic acids is 1. The van der Waals surface area contributed by atoms with Crippen molar-refractivity contribution in [1.82, 2.24) is 9.88 Å². The van der Waals surface area contributed by atoms with E-state index in [0.717, 1.165) is 50.1 Å². The highest BCUT2D eigenvalue weighted by molar-refractivity contribution is 5.95. The zero-order valence-corrected chi connectivity index (χ0v) is 16.6. The number of likely N-dealkylation sites (tertiary alicyclic amines) is 1. The molecule has 29 heavy (non-hydrogen) atoms. The van der Waals surface area contributed by atoms with Gasteiger partial charge in [0, 0.05) is 31.0 Å². The molecule has 1 atom stereocenters.